The molecule has 0 aliphatic heterocycles. The second-order valence-electron chi connectivity index (χ2n) is 7.16. The Balaban J connectivity index is 1.74. The van der Waals surface area contributed by atoms with E-state index in [1.807, 2.05) is 48.5 Å². The monoisotopic (exact) mass is 403 g/mol. The van der Waals surface area contributed by atoms with Crippen molar-refractivity contribution in [3.05, 3.63) is 59.7 Å². The second-order valence-corrected chi connectivity index (χ2v) is 8.81. The van der Waals surface area contributed by atoms with Crippen LogP contribution in [0.4, 0.5) is 5.69 Å². The molecule has 0 saturated carbocycles. The van der Waals surface area contributed by atoms with Crippen molar-refractivity contribution in [3.63, 3.8) is 0 Å². The van der Waals surface area contributed by atoms with E-state index in [1.165, 1.54) is 5.56 Å². The van der Waals surface area contributed by atoms with Gasteiger partial charge in [0.2, 0.25) is 6.79 Å². The molecule has 2 rings (SSSR count). The number of esters is 1. The van der Waals surface area contributed by atoms with Crippen LogP contribution in [-0.2, 0) is 15.3 Å². The summed E-state index contributed by atoms with van der Waals surface area (Å²) in [5, 5.41) is 3.22. The fourth-order valence-corrected chi connectivity index (χ4v) is 2.96. The SMILES string of the molecule is Cc1ccc(NC(=S)SCc2ccc(OCOC(=O)C(C)(C)C)cc2)cc1. The predicted octanol–water partition coefficient (Wildman–Crippen LogP) is 5.55. The molecule has 0 unspecified atom stereocenters. The maximum absolute atomic E-state index is 11.7. The number of ether oxygens (including phenoxy) is 2. The molecular weight excluding hydrogens is 378 g/mol. The number of anilines is 1. The molecule has 0 saturated heterocycles. The predicted molar refractivity (Wildman–Crippen MR) is 116 cm³/mol. The minimum absolute atomic E-state index is 0.0885. The standard InChI is InChI=1S/C21H25NO3S2/c1-15-5-9-17(10-6-15)22-20(26)27-13-16-7-11-18(12-8-16)24-14-25-19(23)21(2,3)4/h5-12H,13-14H2,1-4H3,(H,22,26). The number of hydrogen-bond acceptors (Lipinski definition) is 5. The number of aryl methyl sites for hydroxylation is 1. The first-order chi connectivity index (χ1) is 12.7. The number of carbonyl (C=O) groups is 1. The van der Waals surface area contributed by atoms with E-state index in [0.717, 1.165) is 21.3 Å². The van der Waals surface area contributed by atoms with Crippen molar-refractivity contribution < 1.29 is 14.3 Å². The van der Waals surface area contributed by atoms with Gasteiger partial charge in [0.1, 0.15) is 10.1 Å². The molecule has 2 aromatic rings. The van der Waals surface area contributed by atoms with Crippen LogP contribution in [0.3, 0.4) is 0 Å². The molecule has 0 bridgehead atoms. The van der Waals surface area contributed by atoms with Crippen LogP contribution in [0.5, 0.6) is 5.75 Å². The van der Waals surface area contributed by atoms with Gasteiger partial charge in [-0.05, 0) is 57.5 Å². The van der Waals surface area contributed by atoms with Crippen molar-refractivity contribution >= 4 is 40.0 Å². The van der Waals surface area contributed by atoms with Crippen molar-refractivity contribution in [2.75, 3.05) is 12.1 Å². The Bertz CT molecular complexity index is 766. The number of rotatable bonds is 6. The van der Waals surface area contributed by atoms with Crippen molar-refractivity contribution in [1.29, 1.82) is 0 Å². The van der Waals surface area contributed by atoms with Crippen molar-refractivity contribution in [1.82, 2.24) is 0 Å². The lowest BCUT2D eigenvalue weighted by Gasteiger charge is -2.16. The fourth-order valence-electron chi connectivity index (χ4n) is 1.99. The molecule has 0 fully saturated rings. The van der Waals surface area contributed by atoms with Gasteiger partial charge in [0.15, 0.2) is 0 Å². The first-order valence-electron chi connectivity index (χ1n) is 8.63. The van der Waals surface area contributed by atoms with Crippen molar-refractivity contribution in [3.8, 4) is 5.75 Å². The molecule has 2 aromatic carbocycles. The van der Waals surface area contributed by atoms with Gasteiger partial charge in [0.05, 0.1) is 5.41 Å². The third kappa shape index (κ3) is 7.61. The Labute approximate surface area is 170 Å². The van der Waals surface area contributed by atoms with E-state index in [1.54, 1.807) is 32.5 Å². The smallest absolute Gasteiger partial charge is 0.314 e. The summed E-state index contributed by atoms with van der Waals surface area (Å²) >= 11 is 6.95. The largest absolute Gasteiger partial charge is 0.457 e. The Morgan fingerprint density at radius 1 is 1.07 bits per heavy atom. The van der Waals surface area contributed by atoms with E-state index >= 15 is 0 Å². The van der Waals surface area contributed by atoms with Gasteiger partial charge in [0, 0.05) is 11.4 Å². The van der Waals surface area contributed by atoms with E-state index in [-0.39, 0.29) is 12.8 Å². The molecule has 4 nitrogen and oxygen atoms in total. The van der Waals surface area contributed by atoms with E-state index < -0.39 is 5.41 Å². The summed E-state index contributed by atoms with van der Waals surface area (Å²) < 4.78 is 11.3. The Morgan fingerprint density at radius 2 is 1.70 bits per heavy atom. The lowest BCUT2D eigenvalue weighted by molar-refractivity contribution is -0.159. The first-order valence-corrected chi connectivity index (χ1v) is 10.0. The molecule has 0 heterocycles. The highest BCUT2D eigenvalue weighted by molar-refractivity contribution is 8.22. The molecular formula is C21H25NO3S2. The van der Waals surface area contributed by atoms with Crippen molar-refractivity contribution in [2.24, 2.45) is 5.41 Å². The third-order valence-electron chi connectivity index (χ3n) is 3.62. The molecule has 0 amide bonds. The van der Waals surface area contributed by atoms with Crippen LogP contribution in [0.25, 0.3) is 0 Å². The maximum Gasteiger partial charge on any atom is 0.314 e. The Morgan fingerprint density at radius 3 is 2.30 bits per heavy atom. The molecule has 0 spiro atoms. The number of hydrogen-bond donors (Lipinski definition) is 1. The number of thioether (sulfide) groups is 1. The Kier molecular flexibility index (Phi) is 7.68. The number of carbonyl (C=O) groups excluding carboxylic acids is 1. The summed E-state index contributed by atoms with van der Waals surface area (Å²) in [5.74, 6) is 1.13. The zero-order valence-corrected chi connectivity index (χ0v) is 17.7. The van der Waals surface area contributed by atoms with Crippen LogP contribution in [0.15, 0.2) is 48.5 Å². The fraction of sp³-hybridized carbons (Fsp3) is 0.333. The molecule has 1 N–H and O–H groups in total. The molecule has 0 radical (unpaired) electrons. The molecule has 0 atom stereocenters. The van der Waals surface area contributed by atoms with Crippen LogP contribution >= 0.6 is 24.0 Å². The summed E-state index contributed by atoms with van der Waals surface area (Å²) in [5.41, 5.74) is 2.81. The van der Waals surface area contributed by atoms with Crippen LogP contribution < -0.4 is 10.1 Å². The zero-order chi connectivity index (χ0) is 19.9. The van der Waals surface area contributed by atoms with Gasteiger partial charge in [-0.15, -0.1) is 0 Å². The number of thiocarbonyl (C=S) groups is 1. The number of nitrogens with one attached hydrogen (secondary N) is 1. The van der Waals surface area contributed by atoms with Crippen LogP contribution in [0.1, 0.15) is 31.9 Å². The minimum Gasteiger partial charge on any atom is -0.457 e. The zero-order valence-electron chi connectivity index (χ0n) is 16.1. The van der Waals surface area contributed by atoms with Gasteiger partial charge in [-0.25, -0.2) is 0 Å². The van der Waals surface area contributed by atoms with Crippen LogP contribution in [-0.4, -0.2) is 17.1 Å². The molecule has 144 valence electrons. The van der Waals surface area contributed by atoms with Crippen LogP contribution in [0, 0.1) is 12.3 Å². The third-order valence-corrected chi connectivity index (χ3v) is 4.92. The van der Waals surface area contributed by atoms with Crippen molar-refractivity contribution in [2.45, 2.75) is 33.4 Å². The van der Waals surface area contributed by atoms with Gasteiger partial charge in [0.25, 0.3) is 0 Å². The van der Waals surface area contributed by atoms with Gasteiger partial charge < -0.3 is 14.8 Å². The van der Waals surface area contributed by atoms with E-state index in [0.29, 0.717) is 5.75 Å². The quantitative estimate of drug-likeness (QED) is 0.388. The lowest BCUT2D eigenvalue weighted by atomic mass is 9.98. The molecule has 6 heteroatoms. The maximum atomic E-state index is 11.7. The van der Waals surface area contributed by atoms with E-state index in [2.05, 4.69) is 12.2 Å². The molecule has 0 aliphatic carbocycles. The second kappa shape index (κ2) is 9.76. The Hall–Kier alpha value is -2.05. The summed E-state index contributed by atoms with van der Waals surface area (Å²) in [7, 11) is 0. The molecule has 27 heavy (non-hydrogen) atoms. The highest BCUT2D eigenvalue weighted by Crippen LogP contribution is 2.20. The summed E-state index contributed by atoms with van der Waals surface area (Å²) in [6.07, 6.45) is 0. The highest BCUT2D eigenvalue weighted by Gasteiger charge is 2.22. The van der Waals surface area contributed by atoms with Crippen LogP contribution in [0.2, 0.25) is 0 Å². The summed E-state index contributed by atoms with van der Waals surface area (Å²) in [6.45, 7) is 7.38. The normalized spacial score (nSPS) is 11.0. The van der Waals surface area contributed by atoms with E-state index in [4.69, 9.17) is 21.7 Å². The molecule has 0 aliphatic rings. The minimum atomic E-state index is -0.532. The van der Waals surface area contributed by atoms with Gasteiger partial charge >= 0.3 is 5.97 Å². The van der Waals surface area contributed by atoms with Gasteiger partial charge in [-0.3, -0.25) is 4.79 Å². The topological polar surface area (TPSA) is 47.6 Å². The lowest BCUT2D eigenvalue weighted by Crippen LogP contribution is -2.24. The average Bonchev–Trinajstić information content (AvgIpc) is 2.62. The summed E-state index contributed by atoms with van der Waals surface area (Å²) in [4.78, 5) is 11.7. The van der Waals surface area contributed by atoms with Gasteiger partial charge in [-0.1, -0.05) is 53.8 Å². The van der Waals surface area contributed by atoms with E-state index in [9.17, 15) is 4.79 Å². The molecule has 0 aromatic heterocycles. The number of benzene rings is 2. The highest BCUT2D eigenvalue weighted by atomic mass is 32.2. The first kappa shape index (κ1) is 21.3. The average molecular weight is 404 g/mol. The summed E-state index contributed by atoms with van der Waals surface area (Å²) in [6, 6.07) is 15.8. The van der Waals surface area contributed by atoms with Gasteiger partial charge in [-0.2, -0.15) is 0 Å².